The molecule has 1 aromatic carbocycles. The topological polar surface area (TPSA) is 53.6 Å². The van der Waals surface area contributed by atoms with Gasteiger partial charge in [-0.3, -0.25) is 4.79 Å². The van der Waals surface area contributed by atoms with Crippen molar-refractivity contribution in [1.29, 1.82) is 0 Å². The van der Waals surface area contributed by atoms with Crippen LogP contribution in [0.25, 0.3) is 0 Å². The second-order valence-corrected chi connectivity index (χ2v) is 5.71. The molecule has 138 valence electrons. The first-order valence-electron chi connectivity index (χ1n) is 8.09. The average Bonchev–Trinajstić information content (AvgIpc) is 3.04. The van der Waals surface area contributed by atoms with E-state index in [-0.39, 0.29) is 30.7 Å². The molecule has 1 saturated heterocycles. The van der Waals surface area contributed by atoms with Crippen LogP contribution in [0.1, 0.15) is 18.4 Å². The first kappa shape index (κ1) is 23.1. The molecule has 24 heavy (non-hydrogen) atoms. The Morgan fingerprint density at radius 1 is 1.17 bits per heavy atom. The van der Waals surface area contributed by atoms with Crippen LogP contribution in [0, 0.1) is 0 Å². The van der Waals surface area contributed by atoms with Gasteiger partial charge in [0.25, 0.3) is 0 Å². The van der Waals surface area contributed by atoms with Gasteiger partial charge in [0, 0.05) is 25.9 Å². The molecule has 0 radical (unpaired) electrons. The van der Waals surface area contributed by atoms with Crippen molar-refractivity contribution in [2.45, 2.75) is 19.3 Å². The van der Waals surface area contributed by atoms with Gasteiger partial charge in [0.2, 0.25) is 5.91 Å². The number of carbonyl (C=O) groups is 1. The number of anilines is 1. The van der Waals surface area contributed by atoms with Crippen LogP contribution in [-0.2, 0) is 16.0 Å². The highest BCUT2D eigenvalue weighted by Gasteiger charge is 2.10. The predicted octanol–water partition coefficient (Wildman–Crippen LogP) is 2.34. The smallest absolute Gasteiger partial charge is 0.238 e. The Hall–Kier alpha value is -0.850. The maximum absolute atomic E-state index is 11.7. The van der Waals surface area contributed by atoms with E-state index in [4.69, 9.17) is 4.74 Å². The Labute approximate surface area is 157 Å². The molecule has 0 saturated carbocycles. The van der Waals surface area contributed by atoms with Crippen LogP contribution >= 0.6 is 24.8 Å². The second kappa shape index (κ2) is 13.4. The lowest BCUT2D eigenvalue weighted by Gasteiger charge is -2.14. The van der Waals surface area contributed by atoms with E-state index in [2.05, 4.69) is 27.7 Å². The molecule has 2 N–H and O–H groups in total. The lowest BCUT2D eigenvalue weighted by atomic mass is 10.1. The minimum atomic E-state index is -0.0269. The number of benzene rings is 1. The Bertz CT molecular complexity index is 452. The monoisotopic (exact) mass is 377 g/mol. The Morgan fingerprint density at radius 2 is 1.83 bits per heavy atom. The van der Waals surface area contributed by atoms with Gasteiger partial charge < -0.3 is 20.3 Å². The molecular weight excluding hydrogens is 349 g/mol. The number of ether oxygens (including phenoxy) is 1. The third kappa shape index (κ3) is 8.85. The molecule has 1 fully saturated rings. The summed E-state index contributed by atoms with van der Waals surface area (Å²) in [6, 6.07) is 8.16. The fraction of sp³-hybridized carbons (Fsp3) is 0.588. The fourth-order valence-electron chi connectivity index (χ4n) is 2.63. The maximum Gasteiger partial charge on any atom is 0.238 e. The van der Waals surface area contributed by atoms with Gasteiger partial charge in [-0.05, 0) is 50.0 Å². The second-order valence-electron chi connectivity index (χ2n) is 5.71. The lowest BCUT2D eigenvalue weighted by Crippen LogP contribution is -2.30. The molecule has 5 nitrogen and oxygen atoms in total. The predicted molar refractivity (Wildman–Crippen MR) is 104 cm³/mol. The third-order valence-corrected chi connectivity index (χ3v) is 3.92. The minimum absolute atomic E-state index is 0. The summed E-state index contributed by atoms with van der Waals surface area (Å²) in [4.78, 5) is 14.3. The van der Waals surface area contributed by atoms with Crippen LogP contribution in [0.2, 0.25) is 0 Å². The van der Waals surface area contributed by atoms with Gasteiger partial charge >= 0.3 is 0 Å². The number of hydrogen-bond donors (Lipinski definition) is 2. The summed E-state index contributed by atoms with van der Waals surface area (Å²) in [5.41, 5.74) is 2.17. The number of nitrogens with one attached hydrogen (secondary N) is 2. The molecule has 0 bridgehead atoms. The van der Waals surface area contributed by atoms with Gasteiger partial charge in [-0.25, -0.2) is 0 Å². The molecule has 1 aliphatic heterocycles. The van der Waals surface area contributed by atoms with E-state index in [0.717, 1.165) is 18.7 Å². The lowest BCUT2D eigenvalue weighted by molar-refractivity contribution is -0.115. The van der Waals surface area contributed by atoms with Gasteiger partial charge in [-0.15, -0.1) is 24.8 Å². The van der Waals surface area contributed by atoms with Crippen molar-refractivity contribution in [2.75, 3.05) is 51.8 Å². The highest BCUT2D eigenvalue weighted by Crippen LogP contribution is 2.12. The Morgan fingerprint density at radius 3 is 2.46 bits per heavy atom. The summed E-state index contributed by atoms with van der Waals surface area (Å²) in [6.45, 7) is 5.21. The number of methoxy groups -OCH3 is 1. The Kier molecular flexibility index (Phi) is 13.0. The van der Waals surface area contributed by atoms with Gasteiger partial charge in [0.05, 0.1) is 13.2 Å². The van der Waals surface area contributed by atoms with E-state index in [1.54, 1.807) is 7.11 Å². The number of amides is 1. The molecule has 1 aromatic rings. The van der Waals surface area contributed by atoms with E-state index >= 15 is 0 Å². The van der Waals surface area contributed by atoms with Crippen molar-refractivity contribution < 1.29 is 9.53 Å². The SMILES string of the molecule is COCCNCC(=O)Nc1ccc(CCN2CCCC2)cc1.Cl.Cl. The normalized spacial score (nSPS) is 13.9. The highest BCUT2D eigenvalue weighted by atomic mass is 35.5. The van der Waals surface area contributed by atoms with Crippen LogP contribution in [0.15, 0.2) is 24.3 Å². The summed E-state index contributed by atoms with van der Waals surface area (Å²) in [5.74, 6) is -0.0269. The number of hydrogen-bond acceptors (Lipinski definition) is 4. The van der Waals surface area contributed by atoms with Crippen LogP contribution in [0.5, 0.6) is 0 Å². The summed E-state index contributed by atoms with van der Waals surface area (Å²) < 4.78 is 4.92. The third-order valence-electron chi connectivity index (χ3n) is 3.92. The number of nitrogens with zero attached hydrogens (tertiary/aromatic N) is 1. The van der Waals surface area contributed by atoms with Crippen LogP contribution in [0.4, 0.5) is 5.69 Å². The highest BCUT2D eigenvalue weighted by molar-refractivity contribution is 5.92. The quantitative estimate of drug-likeness (QED) is 0.648. The molecule has 0 unspecified atom stereocenters. The van der Waals surface area contributed by atoms with E-state index < -0.39 is 0 Å². The summed E-state index contributed by atoms with van der Waals surface area (Å²) in [6.07, 6.45) is 3.75. The van der Waals surface area contributed by atoms with E-state index in [1.165, 1.54) is 31.5 Å². The van der Waals surface area contributed by atoms with Crippen molar-refractivity contribution in [3.63, 3.8) is 0 Å². The van der Waals surface area contributed by atoms with Gasteiger partial charge in [-0.2, -0.15) is 0 Å². The largest absolute Gasteiger partial charge is 0.383 e. The zero-order valence-electron chi connectivity index (χ0n) is 14.3. The molecule has 1 heterocycles. The van der Waals surface area contributed by atoms with Crippen molar-refractivity contribution in [1.82, 2.24) is 10.2 Å². The molecule has 1 amide bonds. The van der Waals surface area contributed by atoms with Crippen LogP contribution in [-0.4, -0.2) is 57.2 Å². The standard InChI is InChI=1S/C17H27N3O2.2ClH/c1-22-13-9-18-14-17(21)19-16-6-4-15(5-7-16)8-12-20-10-2-3-11-20;;/h4-7,18H,2-3,8-14H2,1H3,(H,19,21);2*1H. The van der Waals surface area contributed by atoms with Crippen molar-refractivity contribution >= 4 is 36.4 Å². The molecule has 0 atom stereocenters. The molecule has 0 aromatic heterocycles. The van der Waals surface area contributed by atoms with Gasteiger partial charge in [0.1, 0.15) is 0 Å². The molecule has 0 aliphatic carbocycles. The van der Waals surface area contributed by atoms with Crippen LogP contribution < -0.4 is 10.6 Å². The number of likely N-dealkylation sites (tertiary alicyclic amines) is 1. The first-order chi connectivity index (χ1) is 10.8. The Balaban J connectivity index is 0.00000264. The molecule has 2 rings (SSSR count). The maximum atomic E-state index is 11.7. The van der Waals surface area contributed by atoms with E-state index in [0.29, 0.717) is 19.7 Å². The average molecular weight is 378 g/mol. The summed E-state index contributed by atoms with van der Waals surface area (Å²) in [7, 11) is 1.65. The molecule has 7 heteroatoms. The van der Waals surface area contributed by atoms with Crippen molar-refractivity contribution in [3.05, 3.63) is 29.8 Å². The van der Waals surface area contributed by atoms with Crippen LogP contribution in [0.3, 0.4) is 0 Å². The van der Waals surface area contributed by atoms with E-state index in [1.807, 2.05) is 12.1 Å². The van der Waals surface area contributed by atoms with E-state index in [9.17, 15) is 4.79 Å². The summed E-state index contributed by atoms with van der Waals surface area (Å²) >= 11 is 0. The number of halogens is 2. The van der Waals surface area contributed by atoms with Gasteiger partial charge in [0.15, 0.2) is 0 Å². The number of carbonyl (C=O) groups excluding carboxylic acids is 1. The minimum Gasteiger partial charge on any atom is -0.383 e. The summed E-state index contributed by atoms with van der Waals surface area (Å²) in [5, 5.41) is 5.92. The fourth-order valence-corrected chi connectivity index (χ4v) is 2.63. The molecule has 0 spiro atoms. The zero-order chi connectivity index (χ0) is 15.6. The zero-order valence-corrected chi connectivity index (χ0v) is 15.9. The molecule has 1 aliphatic rings. The molecular formula is C17H29Cl2N3O2. The van der Waals surface area contributed by atoms with Crippen molar-refractivity contribution in [3.8, 4) is 0 Å². The first-order valence-corrected chi connectivity index (χ1v) is 8.09. The number of rotatable bonds is 9. The van der Waals surface area contributed by atoms with Gasteiger partial charge in [-0.1, -0.05) is 12.1 Å². The van der Waals surface area contributed by atoms with Crippen molar-refractivity contribution in [2.24, 2.45) is 0 Å².